The molecule has 0 radical (unpaired) electrons. The van der Waals surface area contributed by atoms with Crippen molar-refractivity contribution in [3.63, 3.8) is 0 Å². The fourth-order valence-corrected chi connectivity index (χ4v) is 3.74. The molecular weight excluding hydrogens is 506 g/mol. The number of rotatable bonds is 15. The molecule has 0 spiro atoms. The van der Waals surface area contributed by atoms with Gasteiger partial charge in [-0.1, -0.05) is 24.3 Å². The average molecular weight is 544 g/mol. The predicted molar refractivity (Wildman–Crippen MR) is 144 cm³/mol. The minimum absolute atomic E-state index is 0.00796. The van der Waals surface area contributed by atoms with Crippen molar-refractivity contribution in [3.8, 4) is 11.5 Å². The van der Waals surface area contributed by atoms with E-state index in [-0.39, 0.29) is 30.8 Å². The quantitative estimate of drug-likeness (QED) is 0.140. The Morgan fingerprint density at radius 3 is 1.74 bits per heavy atom. The Hall–Kier alpha value is -4.16. The number of aliphatic carboxylic acids is 1. The Bertz CT molecular complexity index is 1110. The van der Waals surface area contributed by atoms with Gasteiger partial charge in [0.2, 0.25) is 17.7 Å². The van der Waals surface area contributed by atoms with Crippen LogP contribution in [0.25, 0.3) is 0 Å². The molecule has 0 aliphatic heterocycles. The van der Waals surface area contributed by atoms with Gasteiger partial charge in [0.25, 0.3) is 0 Å². The summed E-state index contributed by atoms with van der Waals surface area (Å²) in [7, 11) is 0. The van der Waals surface area contributed by atoms with Crippen LogP contribution in [0.15, 0.2) is 48.5 Å². The van der Waals surface area contributed by atoms with E-state index in [1.165, 1.54) is 31.2 Å². The highest BCUT2D eigenvalue weighted by atomic mass is 16.4. The summed E-state index contributed by atoms with van der Waals surface area (Å²) < 4.78 is 0. The molecule has 12 heteroatoms. The number of carboxylic acid groups (broad SMARTS) is 1. The topological polar surface area (TPSA) is 217 Å². The number of carbonyl (C=O) groups is 4. The smallest absolute Gasteiger partial charge is 0.325 e. The van der Waals surface area contributed by atoms with Crippen LogP contribution in [0.3, 0.4) is 0 Å². The first-order chi connectivity index (χ1) is 18.5. The van der Waals surface area contributed by atoms with Crippen LogP contribution in [0.2, 0.25) is 0 Å². The summed E-state index contributed by atoms with van der Waals surface area (Å²) in [5, 5.41) is 35.8. The highest BCUT2D eigenvalue weighted by Crippen LogP contribution is 2.13. The minimum atomic E-state index is -1.24. The van der Waals surface area contributed by atoms with Gasteiger partial charge in [-0.3, -0.25) is 19.2 Å². The maximum absolute atomic E-state index is 13.3. The van der Waals surface area contributed by atoms with Gasteiger partial charge >= 0.3 is 5.97 Å². The van der Waals surface area contributed by atoms with Crippen LogP contribution < -0.4 is 27.4 Å². The Morgan fingerprint density at radius 2 is 1.23 bits per heavy atom. The molecule has 2 rings (SSSR count). The molecule has 0 heterocycles. The zero-order valence-corrected chi connectivity index (χ0v) is 21.8. The number of aromatic hydroxyl groups is 2. The van der Waals surface area contributed by atoms with Gasteiger partial charge < -0.3 is 42.7 Å². The lowest BCUT2D eigenvalue weighted by Crippen LogP contribution is -2.57. The number of unbranched alkanes of at least 4 members (excludes halogenated alkanes) is 1. The van der Waals surface area contributed by atoms with Gasteiger partial charge in [-0.25, -0.2) is 0 Å². The van der Waals surface area contributed by atoms with Gasteiger partial charge in [0.1, 0.15) is 29.6 Å². The fraction of sp³-hybridized carbons (Fsp3) is 0.407. The van der Waals surface area contributed by atoms with Crippen molar-refractivity contribution >= 4 is 23.7 Å². The molecule has 0 aliphatic rings. The van der Waals surface area contributed by atoms with Gasteiger partial charge in [-0.15, -0.1) is 0 Å². The third kappa shape index (κ3) is 10.6. The van der Waals surface area contributed by atoms with Crippen LogP contribution in [0, 0.1) is 0 Å². The maximum Gasteiger partial charge on any atom is 0.325 e. The number of carbonyl (C=O) groups excluding carboxylic acids is 3. The number of amides is 3. The minimum Gasteiger partial charge on any atom is -0.508 e. The molecule has 12 nitrogen and oxygen atoms in total. The molecule has 0 saturated heterocycles. The highest BCUT2D eigenvalue weighted by Gasteiger charge is 2.29. The third-order valence-electron chi connectivity index (χ3n) is 6.05. The standard InChI is InChI=1S/C27H37N5O7/c1-16(27(38)39)30-26(37)23(15-18-7-11-20(34)12-8-18)32-25(36)22(4-2-3-13-28)31-24(35)21(29)14-17-5-9-19(33)10-6-17/h5-12,16,21-23,33-34H,2-4,13-15,28-29H2,1H3,(H,30,37)(H,31,35)(H,32,36)(H,38,39)/t16-,21-,22-,23-/m0/s1. The lowest BCUT2D eigenvalue weighted by atomic mass is 10.0. The first kappa shape index (κ1) is 31.1. The molecule has 10 N–H and O–H groups in total. The fourth-order valence-electron chi connectivity index (χ4n) is 3.74. The van der Waals surface area contributed by atoms with Crippen LogP contribution in [0.4, 0.5) is 0 Å². The normalized spacial score (nSPS) is 13.9. The molecule has 0 aromatic heterocycles. The van der Waals surface area contributed by atoms with Crippen molar-refractivity contribution in [2.75, 3.05) is 6.54 Å². The number of phenolic OH excluding ortho intramolecular Hbond substituents is 2. The zero-order valence-electron chi connectivity index (χ0n) is 21.8. The lowest BCUT2D eigenvalue weighted by molar-refractivity contribution is -0.141. The van der Waals surface area contributed by atoms with Crippen LogP contribution >= 0.6 is 0 Å². The third-order valence-corrected chi connectivity index (χ3v) is 6.05. The first-order valence-electron chi connectivity index (χ1n) is 12.7. The molecule has 0 unspecified atom stereocenters. The molecule has 212 valence electrons. The molecule has 0 fully saturated rings. The number of hydrogen-bond donors (Lipinski definition) is 8. The van der Waals surface area contributed by atoms with E-state index in [0.717, 1.165) is 5.56 Å². The second kappa shape index (κ2) is 15.3. The van der Waals surface area contributed by atoms with Gasteiger partial charge in [0.15, 0.2) is 0 Å². The van der Waals surface area contributed by atoms with Gasteiger partial charge in [0.05, 0.1) is 6.04 Å². The van der Waals surface area contributed by atoms with Crippen molar-refractivity contribution in [1.29, 1.82) is 0 Å². The SMILES string of the molecule is C[C@H](NC(=O)[C@H](Cc1ccc(O)cc1)NC(=O)[C@H](CCCCN)NC(=O)[C@@H](N)Cc1ccc(O)cc1)C(=O)O. The van der Waals surface area contributed by atoms with Gasteiger partial charge in [-0.2, -0.15) is 0 Å². The molecule has 2 aromatic rings. The van der Waals surface area contributed by atoms with Gasteiger partial charge in [0, 0.05) is 6.42 Å². The van der Waals surface area contributed by atoms with E-state index >= 15 is 0 Å². The maximum atomic E-state index is 13.3. The summed E-state index contributed by atoms with van der Waals surface area (Å²) in [5.74, 6) is -3.07. The summed E-state index contributed by atoms with van der Waals surface area (Å²) in [5.41, 5.74) is 13.0. The molecule has 0 bridgehead atoms. The second-order valence-corrected chi connectivity index (χ2v) is 9.32. The van der Waals surface area contributed by atoms with Crippen molar-refractivity contribution in [3.05, 3.63) is 59.7 Å². The predicted octanol–water partition coefficient (Wildman–Crippen LogP) is -0.102. The summed E-state index contributed by atoms with van der Waals surface area (Å²) in [6.45, 7) is 1.69. The Kier molecular flexibility index (Phi) is 12.2. The van der Waals surface area contributed by atoms with Gasteiger partial charge in [-0.05, 0) is 74.5 Å². The summed E-state index contributed by atoms with van der Waals surface area (Å²) >= 11 is 0. The molecule has 0 saturated carbocycles. The van der Waals surface area contributed by atoms with Crippen LogP contribution in [0.1, 0.15) is 37.3 Å². The van der Waals surface area contributed by atoms with Crippen molar-refractivity contribution in [2.24, 2.45) is 11.5 Å². The molecule has 0 aliphatic carbocycles. The monoisotopic (exact) mass is 543 g/mol. The van der Waals surface area contributed by atoms with E-state index in [2.05, 4.69) is 16.0 Å². The number of hydrogen-bond acceptors (Lipinski definition) is 8. The van der Waals surface area contributed by atoms with Crippen molar-refractivity contribution in [2.45, 2.75) is 63.2 Å². The largest absolute Gasteiger partial charge is 0.508 e. The molecule has 4 atom stereocenters. The number of carboxylic acids is 1. The lowest BCUT2D eigenvalue weighted by Gasteiger charge is -2.25. The molecular formula is C27H37N5O7. The summed E-state index contributed by atoms with van der Waals surface area (Å²) in [4.78, 5) is 50.4. The number of phenols is 2. The number of benzene rings is 2. The zero-order chi connectivity index (χ0) is 28.9. The first-order valence-corrected chi connectivity index (χ1v) is 12.7. The summed E-state index contributed by atoms with van der Waals surface area (Å²) in [6, 6.07) is 7.87. The van der Waals surface area contributed by atoms with Crippen LogP contribution in [0.5, 0.6) is 11.5 Å². The van der Waals surface area contributed by atoms with E-state index < -0.39 is 47.9 Å². The molecule has 39 heavy (non-hydrogen) atoms. The average Bonchev–Trinajstić information content (AvgIpc) is 2.89. The summed E-state index contributed by atoms with van der Waals surface area (Å²) in [6.07, 6.45) is 1.54. The highest BCUT2D eigenvalue weighted by molar-refractivity contribution is 5.94. The molecule has 3 amide bonds. The number of nitrogens with one attached hydrogen (secondary N) is 3. The van der Waals surface area contributed by atoms with E-state index in [9.17, 15) is 34.5 Å². The Balaban J connectivity index is 2.17. The van der Waals surface area contributed by atoms with Crippen LogP contribution in [-0.4, -0.2) is 69.7 Å². The second-order valence-electron chi connectivity index (χ2n) is 9.32. The van der Waals surface area contributed by atoms with E-state index in [1.54, 1.807) is 24.3 Å². The number of nitrogens with two attached hydrogens (primary N) is 2. The van der Waals surface area contributed by atoms with Crippen LogP contribution in [-0.2, 0) is 32.0 Å². The van der Waals surface area contributed by atoms with E-state index in [1.807, 2.05) is 0 Å². The Morgan fingerprint density at radius 1 is 0.744 bits per heavy atom. The van der Waals surface area contributed by atoms with E-state index in [0.29, 0.717) is 24.9 Å². The van der Waals surface area contributed by atoms with Crippen molar-refractivity contribution in [1.82, 2.24) is 16.0 Å². The molecule has 2 aromatic carbocycles. The van der Waals surface area contributed by atoms with Crippen molar-refractivity contribution < 1.29 is 34.5 Å². The van der Waals surface area contributed by atoms with E-state index in [4.69, 9.17) is 11.5 Å². The Labute approximate surface area is 226 Å².